The summed E-state index contributed by atoms with van der Waals surface area (Å²) in [7, 11) is 0. The average Bonchev–Trinajstić information content (AvgIpc) is 3.56. The smallest absolute Gasteiger partial charge is 0.251 e. The Bertz CT molecular complexity index is 1110. The number of tetrazole rings is 1. The fourth-order valence-corrected chi connectivity index (χ4v) is 4.94. The number of phenols is 1. The quantitative estimate of drug-likeness (QED) is 0.482. The molecule has 34 heavy (non-hydrogen) atoms. The summed E-state index contributed by atoms with van der Waals surface area (Å²) >= 11 is 1.49. The van der Waals surface area contributed by atoms with Crippen molar-refractivity contribution in [2.75, 3.05) is 4.90 Å². The lowest BCUT2D eigenvalue weighted by Crippen LogP contribution is -2.53. The van der Waals surface area contributed by atoms with E-state index in [9.17, 15) is 14.7 Å². The third kappa shape index (κ3) is 5.80. The van der Waals surface area contributed by atoms with E-state index in [-0.39, 0.29) is 36.1 Å². The molecule has 0 aliphatic heterocycles. The largest absolute Gasteiger partial charge is 0.508 e. The molecule has 180 valence electrons. The van der Waals surface area contributed by atoms with Gasteiger partial charge in [0.25, 0.3) is 5.91 Å². The summed E-state index contributed by atoms with van der Waals surface area (Å²) in [4.78, 5) is 30.6. The topological polar surface area (TPSA) is 113 Å². The zero-order valence-electron chi connectivity index (χ0n) is 19.4. The minimum atomic E-state index is -0.727. The zero-order chi connectivity index (χ0) is 24.1. The summed E-state index contributed by atoms with van der Waals surface area (Å²) in [6.07, 6.45) is 4.58. The first-order chi connectivity index (χ1) is 16.4. The van der Waals surface area contributed by atoms with Crippen molar-refractivity contribution < 1.29 is 14.7 Å². The first-order valence-corrected chi connectivity index (χ1v) is 12.5. The van der Waals surface area contributed by atoms with Gasteiger partial charge in [0, 0.05) is 17.8 Å². The SMILES string of the molecule is CC(C)CC(C(=O)NC1CCCC1)N(C(=O)Cn1nnc(-c2cccs2)n1)c1cccc(O)c1. The van der Waals surface area contributed by atoms with E-state index < -0.39 is 6.04 Å². The number of hydrogen-bond donors (Lipinski definition) is 2. The molecule has 1 aliphatic rings. The summed E-state index contributed by atoms with van der Waals surface area (Å²) in [6, 6.07) is 9.61. The fourth-order valence-electron chi connectivity index (χ4n) is 4.30. The summed E-state index contributed by atoms with van der Waals surface area (Å²) in [5.74, 6) is 0.107. The van der Waals surface area contributed by atoms with Gasteiger partial charge >= 0.3 is 0 Å². The lowest BCUT2D eigenvalue weighted by Gasteiger charge is -2.33. The Balaban J connectivity index is 1.62. The van der Waals surface area contributed by atoms with Gasteiger partial charge in [0.2, 0.25) is 11.7 Å². The van der Waals surface area contributed by atoms with Crippen LogP contribution < -0.4 is 10.2 Å². The number of aromatic hydroxyl groups is 1. The van der Waals surface area contributed by atoms with Crippen LogP contribution in [0.5, 0.6) is 5.75 Å². The molecule has 3 aromatic rings. The highest BCUT2D eigenvalue weighted by atomic mass is 32.1. The van der Waals surface area contributed by atoms with Crippen molar-refractivity contribution in [1.82, 2.24) is 25.5 Å². The molecule has 0 spiro atoms. The predicted molar refractivity (Wildman–Crippen MR) is 130 cm³/mol. The van der Waals surface area contributed by atoms with Gasteiger partial charge in [-0.2, -0.15) is 4.80 Å². The number of rotatable bonds is 9. The molecule has 10 heteroatoms. The Morgan fingerprint density at radius 2 is 2.03 bits per heavy atom. The third-order valence-electron chi connectivity index (χ3n) is 5.86. The molecule has 2 aromatic heterocycles. The van der Waals surface area contributed by atoms with Gasteiger partial charge in [-0.25, -0.2) is 0 Å². The monoisotopic (exact) mass is 482 g/mol. The predicted octanol–water partition coefficient (Wildman–Crippen LogP) is 3.61. The molecule has 1 unspecified atom stereocenters. The summed E-state index contributed by atoms with van der Waals surface area (Å²) in [5.41, 5.74) is 0.454. The lowest BCUT2D eigenvalue weighted by atomic mass is 10.00. The molecule has 0 saturated heterocycles. The van der Waals surface area contributed by atoms with Crippen LogP contribution in [-0.2, 0) is 16.1 Å². The van der Waals surface area contributed by atoms with Crippen molar-refractivity contribution in [1.29, 1.82) is 0 Å². The summed E-state index contributed by atoms with van der Waals surface area (Å²) < 4.78 is 0. The van der Waals surface area contributed by atoms with Crippen LogP contribution in [0.1, 0.15) is 46.0 Å². The van der Waals surface area contributed by atoms with E-state index in [4.69, 9.17) is 0 Å². The van der Waals surface area contributed by atoms with Crippen LogP contribution in [0.25, 0.3) is 10.7 Å². The number of nitrogens with one attached hydrogen (secondary N) is 1. The van der Waals surface area contributed by atoms with Gasteiger partial charge in [0.05, 0.1) is 4.88 Å². The number of thiophene rings is 1. The Labute approximate surface area is 202 Å². The highest BCUT2D eigenvalue weighted by Gasteiger charge is 2.34. The lowest BCUT2D eigenvalue weighted by molar-refractivity contribution is -0.127. The Kier molecular flexibility index (Phi) is 7.56. The maximum absolute atomic E-state index is 13.6. The molecule has 1 atom stereocenters. The van der Waals surface area contributed by atoms with E-state index in [2.05, 4.69) is 20.7 Å². The first kappa shape index (κ1) is 23.9. The fraction of sp³-hybridized carbons (Fsp3) is 0.458. The molecule has 1 aromatic carbocycles. The van der Waals surface area contributed by atoms with Crippen molar-refractivity contribution in [2.45, 2.75) is 64.6 Å². The van der Waals surface area contributed by atoms with Crippen molar-refractivity contribution in [3.8, 4) is 16.5 Å². The highest BCUT2D eigenvalue weighted by Crippen LogP contribution is 2.27. The van der Waals surface area contributed by atoms with E-state index in [1.807, 2.05) is 31.4 Å². The van der Waals surface area contributed by atoms with Crippen molar-refractivity contribution >= 4 is 28.8 Å². The normalized spacial score (nSPS) is 14.9. The number of amides is 2. The average molecular weight is 483 g/mol. The zero-order valence-corrected chi connectivity index (χ0v) is 20.2. The second-order valence-corrected chi connectivity index (χ2v) is 9.99. The second-order valence-electron chi connectivity index (χ2n) is 9.04. The number of nitrogens with zero attached hydrogens (tertiary/aromatic N) is 5. The molecule has 1 fully saturated rings. The van der Waals surface area contributed by atoms with Gasteiger partial charge in [-0.1, -0.05) is 38.8 Å². The number of phenolic OH excluding ortho intramolecular Hbond substituents is 1. The van der Waals surface area contributed by atoms with Gasteiger partial charge in [0.1, 0.15) is 18.3 Å². The van der Waals surface area contributed by atoms with Crippen LogP contribution in [0.15, 0.2) is 41.8 Å². The van der Waals surface area contributed by atoms with Crippen LogP contribution in [0.3, 0.4) is 0 Å². The summed E-state index contributed by atoms with van der Waals surface area (Å²) in [5, 5.41) is 27.6. The van der Waals surface area contributed by atoms with E-state index in [1.165, 1.54) is 33.2 Å². The Hall–Kier alpha value is -3.27. The highest BCUT2D eigenvalue weighted by molar-refractivity contribution is 7.13. The van der Waals surface area contributed by atoms with Crippen LogP contribution in [-0.4, -0.2) is 49.2 Å². The second kappa shape index (κ2) is 10.8. The van der Waals surface area contributed by atoms with E-state index in [0.29, 0.717) is 17.9 Å². The molecular formula is C24H30N6O3S. The number of carbonyl (C=O) groups is 2. The molecule has 4 rings (SSSR count). The molecule has 2 N–H and O–H groups in total. The van der Waals surface area contributed by atoms with Crippen LogP contribution in [0, 0.1) is 5.92 Å². The standard InChI is InChI=1S/C24H30N6O3S/c1-16(2)13-20(24(33)25-17-7-3-4-8-17)30(18-9-5-10-19(31)14-18)22(32)15-29-27-23(26-28-29)21-11-6-12-34-21/h5-6,9-12,14,16-17,20,31H,3-4,7-8,13,15H2,1-2H3,(H,25,33). The van der Waals surface area contributed by atoms with E-state index >= 15 is 0 Å². The minimum Gasteiger partial charge on any atom is -0.508 e. The number of hydrogen-bond acceptors (Lipinski definition) is 7. The number of benzene rings is 1. The maximum atomic E-state index is 13.6. The van der Waals surface area contributed by atoms with E-state index in [0.717, 1.165) is 30.6 Å². The molecule has 0 radical (unpaired) electrons. The van der Waals surface area contributed by atoms with Crippen LogP contribution >= 0.6 is 11.3 Å². The third-order valence-corrected chi connectivity index (χ3v) is 6.72. The summed E-state index contributed by atoms with van der Waals surface area (Å²) in [6.45, 7) is 3.86. The van der Waals surface area contributed by atoms with Crippen molar-refractivity contribution in [3.63, 3.8) is 0 Å². The number of aromatic nitrogens is 4. The first-order valence-electron chi connectivity index (χ1n) is 11.6. The molecule has 1 aliphatic carbocycles. The van der Waals surface area contributed by atoms with Gasteiger partial charge in [-0.3, -0.25) is 14.5 Å². The maximum Gasteiger partial charge on any atom is 0.251 e. The molecule has 1 saturated carbocycles. The molecule has 2 heterocycles. The van der Waals surface area contributed by atoms with E-state index in [1.54, 1.807) is 12.1 Å². The van der Waals surface area contributed by atoms with Crippen LogP contribution in [0.4, 0.5) is 5.69 Å². The van der Waals surface area contributed by atoms with Gasteiger partial charge < -0.3 is 10.4 Å². The Morgan fingerprint density at radius 3 is 2.71 bits per heavy atom. The Morgan fingerprint density at radius 1 is 1.24 bits per heavy atom. The molecule has 9 nitrogen and oxygen atoms in total. The minimum absolute atomic E-state index is 0.0219. The number of carbonyl (C=O) groups excluding carboxylic acids is 2. The molecule has 2 amide bonds. The van der Waals surface area contributed by atoms with Crippen molar-refractivity contribution in [3.05, 3.63) is 41.8 Å². The van der Waals surface area contributed by atoms with Crippen molar-refractivity contribution in [2.24, 2.45) is 5.92 Å². The van der Waals surface area contributed by atoms with Gasteiger partial charge in [-0.05, 0) is 54.0 Å². The van der Waals surface area contributed by atoms with Gasteiger partial charge in [-0.15, -0.1) is 21.5 Å². The van der Waals surface area contributed by atoms with Gasteiger partial charge in [0.15, 0.2) is 0 Å². The molecular weight excluding hydrogens is 452 g/mol. The number of anilines is 1. The molecule has 0 bridgehead atoms. The van der Waals surface area contributed by atoms with Crippen LogP contribution in [0.2, 0.25) is 0 Å².